The minimum Gasteiger partial charge on any atom is -0.468 e. The second kappa shape index (κ2) is 7.26. The molecular formula is C14H17NO2S. The number of thioether (sulfide) groups is 1. The topological polar surface area (TPSA) is 45.4 Å². The Labute approximate surface area is 111 Å². The van der Waals surface area contributed by atoms with Crippen molar-refractivity contribution in [1.82, 2.24) is 5.32 Å². The fourth-order valence-electron chi connectivity index (χ4n) is 1.59. The van der Waals surface area contributed by atoms with Gasteiger partial charge in [-0.2, -0.15) is 11.8 Å². The summed E-state index contributed by atoms with van der Waals surface area (Å²) in [5, 5.41) is 12.9. The van der Waals surface area contributed by atoms with E-state index in [9.17, 15) is 5.11 Å². The van der Waals surface area contributed by atoms with Crippen LogP contribution in [0, 0.1) is 0 Å². The lowest BCUT2D eigenvalue weighted by atomic mass is 10.2. The maximum Gasteiger partial charge on any atom is 0.131 e. The molecule has 0 fully saturated rings. The molecule has 0 bridgehead atoms. The predicted octanol–water partition coefficient (Wildman–Crippen LogP) is 2.79. The van der Waals surface area contributed by atoms with Crippen LogP contribution in [0.2, 0.25) is 0 Å². The molecule has 1 unspecified atom stereocenters. The molecule has 4 heteroatoms. The van der Waals surface area contributed by atoms with E-state index < -0.39 is 6.23 Å². The molecule has 0 radical (unpaired) electrons. The number of aliphatic hydroxyl groups is 1. The van der Waals surface area contributed by atoms with E-state index in [2.05, 4.69) is 5.32 Å². The van der Waals surface area contributed by atoms with Gasteiger partial charge in [0.15, 0.2) is 0 Å². The van der Waals surface area contributed by atoms with Crippen LogP contribution in [0.3, 0.4) is 0 Å². The van der Waals surface area contributed by atoms with Gasteiger partial charge < -0.3 is 9.52 Å². The minimum absolute atomic E-state index is 0.588. The molecule has 96 valence electrons. The average Bonchev–Trinajstić information content (AvgIpc) is 2.92. The zero-order valence-corrected chi connectivity index (χ0v) is 10.9. The molecule has 2 N–H and O–H groups in total. The first-order valence-corrected chi connectivity index (χ1v) is 7.08. The van der Waals surface area contributed by atoms with Gasteiger partial charge in [0.05, 0.1) is 12.0 Å². The van der Waals surface area contributed by atoms with Crippen molar-refractivity contribution < 1.29 is 9.52 Å². The highest BCUT2D eigenvalue weighted by Crippen LogP contribution is 2.12. The summed E-state index contributed by atoms with van der Waals surface area (Å²) >= 11 is 1.78. The quantitative estimate of drug-likeness (QED) is 0.595. The van der Waals surface area contributed by atoms with Crippen LogP contribution in [0.5, 0.6) is 0 Å². The van der Waals surface area contributed by atoms with E-state index in [1.165, 1.54) is 0 Å². The van der Waals surface area contributed by atoms with Crippen LogP contribution in [0.1, 0.15) is 17.6 Å². The zero-order chi connectivity index (χ0) is 12.6. The van der Waals surface area contributed by atoms with Gasteiger partial charge in [-0.3, -0.25) is 5.32 Å². The normalized spacial score (nSPS) is 12.5. The molecular weight excluding hydrogens is 246 g/mol. The summed E-state index contributed by atoms with van der Waals surface area (Å²) in [6, 6.07) is 13.5. The molecule has 3 nitrogen and oxygen atoms in total. The van der Waals surface area contributed by atoms with E-state index >= 15 is 0 Å². The fraction of sp³-hybridized carbons (Fsp3) is 0.286. The van der Waals surface area contributed by atoms with Crippen molar-refractivity contribution >= 4 is 11.8 Å². The first kappa shape index (κ1) is 13.2. The maximum absolute atomic E-state index is 9.86. The van der Waals surface area contributed by atoms with Gasteiger partial charge in [-0.05, 0) is 17.7 Å². The summed E-state index contributed by atoms with van der Waals surface area (Å²) in [5.41, 5.74) is 0.897. The van der Waals surface area contributed by atoms with Gasteiger partial charge in [-0.25, -0.2) is 0 Å². The predicted molar refractivity (Wildman–Crippen MR) is 74.3 cm³/mol. The van der Waals surface area contributed by atoms with E-state index in [0.717, 1.165) is 29.4 Å². The lowest BCUT2D eigenvalue weighted by molar-refractivity contribution is 0.142. The van der Waals surface area contributed by atoms with Gasteiger partial charge in [-0.15, -0.1) is 0 Å². The number of benzene rings is 1. The highest BCUT2D eigenvalue weighted by molar-refractivity contribution is 7.98. The Kier molecular flexibility index (Phi) is 5.33. The van der Waals surface area contributed by atoms with E-state index in [4.69, 9.17) is 4.42 Å². The number of nitrogens with one attached hydrogen (secondary N) is 1. The van der Waals surface area contributed by atoms with Crippen molar-refractivity contribution in [2.75, 3.05) is 12.3 Å². The van der Waals surface area contributed by atoms with E-state index in [0.29, 0.717) is 0 Å². The van der Waals surface area contributed by atoms with Crippen LogP contribution in [0.25, 0.3) is 0 Å². The molecule has 1 heterocycles. The largest absolute Gasteiger partial charge is 0.468 e. The fourth-order valence-corrected chi connectivity index (χ4v) is 2.36. The molecule has 0 aliphatic heterocycles. The summed E-state index contributed by atoms with van der Waals surface area (Å²) in [5.74, 6) is 2.80. The molecule has 1 aromatic carbocycles. The average molecular weight is 263 g/mol. The molecule has 0 aliphatic rings. The monoisotopic (exact) mass is 263 g/mol. The zero-order valence-electron chi connectivity index (χ0n) is 10.1. The third-order valence-corrected chi connectivity index (χ3v) is 3.51. The lowest BCUT2D eigenvalue weighted by Crippen LogP contribution is -2.23. The van der Waals surface area contributed by atoms with Gasteiger partial charge in [-0.1, -0.05) is 30.3 Å². The number of aliphatic hydroxyl groups excluding tert-OH is 1. The molecule has 0 saturated heterocycles. The number of rotatable bonds is 7. The highest BCUT2D eigenvalue weighted by Gasteiger charge is 2.04. The van der Waals surface area contributed by atoms with Crippen molar-refractivity contribution in [3.63, 3.8) is 0 Å². The van der Waals surface area contributed by atoms with E-state index in [1.54, 1.807) is 18.0 Å². The molecule has 0 spiro atoms. The van der Waals surface area contributed by atoms with Crippen molar-refractivity contribution in [2.24, 2.45) is 0 Å². The number of hydrogen-bond donors (Lipinski definition) is 2. The molecule has 0 amide bonds. The van der Waals surface area contributed by atoms with Crippen LogP contribution in [0.4, 0.5) is 0 Å². The Morgan fingerprint density at radius 3 is 2.72 bits per heavy atom. The summed E-state index contributed by atoms with van der Waals surface area (Å²) in [6.45, 7) is 0.765. The third-order valence-electron chi connectivity index (χ3n) is 2.52. The Morgan fingerprint density at radius 1 is 1.17 bits per heavy atom. The van der Waals surface area contributed by atoms with Crippen LogP contribution in [-0.4, -0.2) is 17.4 Å². The maximum atomic E-state index is 9.86. The number of furan rings is 1. The second-order valence-corrected chi connectivity index (χ2v) is 5.00. The molecule has 2 rings (SSSR count). The van der Waals surface area contributed by atoms with E-state index in [1.807, 2.05) is 42.5 Å². The van der Waals surface area contributed by atoms with Crippen LogP contribution >= 0.6 is 11.8 Å². The molecule has 0 aliphatic carbocycles. The Morgan fingerprint density at radius 2 is 2.00 bits per heavy atom. The SMILES string of the molecule is OC(NCCSCc1ccco1)c1ccccc1. The van der Waals surface area contributed by atoms with Gasteiger partial charge >= 0.3 is 0 Å². The molecule has 0 saturated carbocycles. The van der Waals surface area contributed by atoms with Gasteiger partial charge in [0.2, 0.25) is 0 Å². The second-order valence-electron chi connectivity index (χ2n) is 3.90. The molecule has 18 heavy (non-hydrogen) atoms. The summed E-state index contributed by atoms with van der Waals surface area (Å²) < 4.78 is 5.24. The molecule has 1 atom stereocenters. The Hall–Kier alpha value is -1.23. The summed E-state index contributed by atoms with van der Waals surface area (Å²) in [6.07, 6.45) is 1.10. The van der Waals surface area contributed by atoms with Crippen molar-refractivity contribution in [1.29, 1.82) is 0 Å². The Bertz CT molecular complexity index is 430. The van der Waals surface area contributed by atoms with Crippen molar-refractivity contribution in [3.8, 4) is 0 Å². The van der Waals surface area contributed by atoms with Crippen molar-refractivity contribution in [3.05, 3.63) is 60.1 Å². The number of hydrogen-bond acceptors (Lipinski definition) is 4. The Balaban J connectivity index is 1.61. The third kappa shape index (κ3) is 4.22. The summed E-state index contributed by atoms with van der Waals surface area (Å²) in [4.78, 5) is 0. The lowest BCUT2D eigenvalue weighted by Gasteiger charge is -2.12. The summed E-state index contributed by atoms with van der Waals surface area (Å²) in [7, 11) is 0. The van der Waals surface area contributed by atoms with Crippen LogP contribution in [-0.2, 0) is 5.75 Å². The smallest absolute Gasteiger partial charge is 0.131 e. The van der Waals surface area contributed by atoms with E-state index in [-0.39, 0.29) is 0 Å². The minimum atomic E-state index is -0.588. The van der Waals surface area contributed by atoms with Gasteiger partial charge in [0, 0.05) is 12.3 Å². The molecule has 2 aromatic rings. The van der Waals surface area contributed by atoms with Gasteiger partial charge in [0.1, 0.15) is 12.0 Å². The van der Waals surface area contributed by atoms with Crippen LogP contribution in [0.15, 0.2) is 53.1 Å². The first-order valence-electron chi connectivity index (χ1n) is 5.93. The molecule has 1 aromatic heterocycles. The standard InChI is InChI=1S/C14H17NO2S/c16-14(12-5-2-1-3-6-12)15-8-10-18-11-13-7-4-9-17-13/h1-7,9,14-16H,8,10-11H2. The first-order chi connectivity index (χ1) is 8.86. The van der Waals surface area contributed by atoms with Gasteiger partial charge in [0.25, 0.3) is 0 Å². The van der Waals surface area contributed by atoms with Crippen molar-refractivity contribution in [2.45, 2.75) is 12.0 Å². The van der Waals surface area contributed by atoms with Crippen LogP contribution < -0.4 is 5.32 Å². The highest BCUT2D eigenvalue weighted by atomic mass is 32.2.